The molecular formula is C25H29BrN2O3. The number of aliphatic hydroxyl groups excluding tert-OH is 1. The lowest BCUT2D eigenvalue weighted by Crippen LogP contribution is -2.33. The minimum atomic E-state index is -0.631. The van der Waals surface area contributed by atoms with Crippen LogP contribution in [0.1, 0.15) is 43.0 Å². The Bertz CT molecular complexity index is 963. The van der Waals surface area contributed by atoms with E-state index in [9.17, 15) is 14.7 Å². The molecule has 1 N–H and O–H groups in total. The molecule has 0 aromatic heterocycles. The second-order valence-corrected chi connectivity index (χ2v) is 8.71. The highest BCUT2D eigenvalue weighted by molar-refractivity contribution is 9.10. The molecule has 1 fully saturated rings. The van der Waals surface area contributed by atoms with Gasteiger partial charge >= 0.3 is 0 Å². The molecule has 5 nitrogen and oxygen atoms in total. The quantitative estimate of drug-likeness (QED) is 0.328. The summed E-state index contributed by atoms with van der Waals surface area (Å²) in [6.07, 6.45) is 0.756. The normalized spacial score (nSPS) is 18.2. The zero-order valence-electron chi connectivity index (χ0n) is 18.3. The Morgan fingerprint density at radius 2 is 1.65 bits per heavy atom. The second-order valence-electron chi connectivity index (χ2n) is 7.79. The van der Waals surface area contributed by atoms with Crippen LogP contribution in [0.2, 0.25) is 0 Å². The lowest BCUT2D eigenvalue weighted by molar-refractivity contribution is -0.140. The van der Waals surface area contributed by atoms with Crippen LogP contribution in [0.3, 0.4) is 0 Å². The predicted molar refractivity (Wildman–Crippen MR) is 127 cm³/mol. The molecular weight excluding hydrogens is 456 g/mol. The lowest BCUT2D eigenvalue weighted by atomic mass is 9.95. The van der Waals surface area contributed by atoms with Gasteiger partial charge in [-0.1, -0.05) is 71.7 Å². The van der Waals surface area contributed by atoms with Gasteiger partial charge in [0.15, 0.2) is 0 Å². The highest BCUT2D eigenvalue weighted by Gasteiger charge is 2.45. The molecule has 2 aromatic carbocycles. The Kier molecular flexibility index (Phi) is 7.68. The molecule has 6 heteroatoms. The van der Waals surface area contributed by atoms with Gasteiger partial charge in [-0.05, 0) is 50.7 Å². The molecule has 164 valence electrons. The second kappa shape index (κ2) is 10.2. The molecule has 0 radical (unpaired) electrons. The van der Waals surface area contributed by atoms with Crippen LogP contribution in [-0.4, -0.2) is 52.8 Å². The summed E-state index contributed by atoms with van der Waals surface area (Å²) in [5.74, 6) is -1.31. The maximum Gasteiger partial charge on any atom is 0.295 e. The first kappa shape index (κ1) is 23.2. The van der Waals surface area contributed by atoms with E-state index in [4.69, 9.17) is 0 Å². The summed E-state index contributed by atoms with van der Waals surface area (Å²) >= 11 is 3.44. The SMILES string of the molecule is CCN(CC)CCCN1C(=O)C(=O)/C(=C(/O)c2ccc(C)cc2)C1c1ccc(Br)cc1. The molecule has 1 saturated heterocycles. The van der Waals surface area contributed by atoms with Gasteiger partial charge in [0.1, 0.15) is 5.76 Å². The summed E-state index contributed by atoms with van der Waals surface area (Å²) in [4.78, 5) is 29.9. The number of hydrogen-bond donors (Lipinski definition) is 1. The first-order valence-electron chi connectivity index (χ1n) is 10.7. The topological polar surface area (TPSA) is 60.9 Å². The van der Waals surface area contributed by atoms with Gasteiger partial charge < -0.3 is 14.9 Å². The summed E-state index contributed by atoms with van der Waals surface area (Å²) in [5, 5.41) is 11.1. The summed E-state index contributed by atoms with van der Waals surface area (Å²) in [5.41, 5.74) is 2.55. The Hall–Kier alpha value is -2.44. The number of amides is 1. The minimum Gasteiger partial charge on any atom is -0.507 e. The van der Waals surface area contributed by atoms with Gasteiger partial charge in [0.2, 0.25) is 0 Å². The van der Waals surface area contributed by atoms with E-state index in [1.807, 2.05) is 43.3 Å². The molecule has 3 rings (SSSR count). The van der Waals surface area contributed by atoms with Crippen LogP contribution >= 0.6 is 15.9 Å². The number of nitrogens with zero attached hydrogens (tertiary/aromatic N) is 2. The summed E-state index contributed by atoms with van der Waals surface area (Å²) in [6, 6.07) is 14.3. The Morgan fingerprint density at radius 3 is 2.23 bits per heavy atom. The van der Waals surface area contributed by atoms with Gasteiger partial charge in [-0.3, -0.25) is 9.59 Å². The number of carbonyl (C=O) groups is 2. The highest BCUT2D eigenvalue weighted by atomic mass is 79.9. The number of hydrogen-bond acceptors (Lipinski definition) is 4. The van der Waals surface area contributed by atoms with Crippen LogP contribution < -0.4 is 0 Å². The molecule has 0 spiro atoms. The standard InChI is InChI=1S/C25H29BrN2O3/c1-4-27(5-2)15-6-16-28-22(18-11-13-20(26)14-12-18)21(24(30)25(28)31)23(29)19-9-7-17(3)8-10-19/h7-14,22,29H,4-6,15-16H2,1-3H3/b23-21+. The van der Waals surface area contributed by atoms with Crippen LogP contribution in [0, 0.1) is 6.92 Å². The molecule has 31 heavy (non-hydrogen) atoms. The van der Waals surface area contributed by atoms with Crippen molar-refractivity contribution in [2.45, 2.75) is 33.2 Å². The fourth-order valence-electron chi connectivity index (χ4n) is 3.97. The van der Waals surface area contributed by atoms with Crippen molar-refractivity contribution in [2.75, 3.05) is 26.2 Å². The number of halogens is 1. The van der Waals surface area contributed by atoms with Gasteiger partial charge in [-0.25, -0.2) is 0 Å². The third-order valence-electron chi connectivity index (χ3n) is 5.82. The molecule has 0 saturated carbocycles. The maximum absolute atomic E-state index is 13.0. The van der Waals surface area contributed by atoms with Crippen molar-refractivity contribution in [3.63, 3.8) is 0 Å². The lowest BCUT2D eigenvalue weighted by Gasteiger charge is -2.26. The Labute approximate surface area is 192 Å². The van der Waals surface area contributed by atoms with Crippen molar-refractivity contribution < 1.29 is 14.7 Å². The summed E-state index contributed by atoms with van der Waals surface area (Å²) < 4.78 is 0.910. The van der Waals surface area contributed by atoms with Crippen LogP contribution in [0.15, 0.2) is 58.6 Å². The Balaban J connectivity index is 2.01. The summed E-state index contributed by atoms with van der Waals surface area (Å²) in [6.45, 7) is 9.37. The molecule has 0 bridgehead atoms. The van der Waals surface area contributed by atoms with Gasteiger partial charge in [0, 0.05) is 16.6 Å². The fourth-order valence-corrected chi connectivity index (χ4v) is 4.24. The molecule has 1 atom stereocenters. The summed E-state index contributed by atoms with van der Waals surface area (Å²) in [7, 11) is 0. The van der Waals surface area contributed by atoms with E-state index in [0.29, 0.717) is 12.1 Å². The molecule has 1 heterocycles. The average Bonchev–Trinajstić information content (AvgIpc) is 3.02. The van der Waals surface area contributed by atoms with E-state index in [1.165, 1.54) is 0 Å². The zero-order chi connectivity index (χ0) is 22.5. The van der Waals surface area contributed by atoms with Gasteiger partial charge in [0.25, 0.3) is 11.7 Å². The number of carbonyl (C=O) groups excluding carboxylic acids is 2. The van der Waals surface area contributed by atoms with Crippen molar-refractivity contribution in [3.05, 3.63) is 75.3 Å². The third kappa shape index (κ3) is 5.08. The average molecular weight is 485 g/mol. The van der Waals surface area contributed by atoms with Gasteiger partial charge in [-0.15, -0.1) is 0 Å². The van der Waals surface area contributed by atoms with E-state index < -0.39 is 17.7 Å². The highest BCUT2D eigenvalue weighted by Crippen LogP contribution is 2.39. The number of aryl methyl sites for hydroxylation is 1. The molecule has 0 aliphatic carbocycles. The number of rotatable bonds is 8. The van der Waals surface area contributed by atoms with Crippen molar-refractivity contribution in [3.8, 4) is 0 Å². The van der Waals surface area contributed by atoms with Crippen LogP contribution in [0.25, 0.3) is 5.76 Å². The van der Waals surface area contributed by atoms with Crippen molar-refractivity contribution in [2.24, 2.45) is 0 Å². The monoisotopic (exact) mass is 484 g/mol. The van der Waals surface area contributed by atoms with E-state index in [1.54, 1.807) is 17.0 Å². The number of benzene rings is 2. The fraction of sp³-hybridized carbons (Fsp3) is 0.360. The van der Waals surface area contributed by atoms with Crippen molar-refractivity contribution >= 4 is 33.4 Å². The van der Waals surface area contributed by atoms with Gasteiger partial charge in [-0.2, -0.15) is 0 Å². The number of likely N-dealkylation sites (tertiary alicyclic amines) is 1. The molecule has 1 aliphatic heterocycles. The van der Waals surface area contributed by atoms with E-state index in [-0.39, 0.29) is 11.3 Å². The molecule has 1 aliphatic rings. The van der Waals surface area contributed by atoms with Crippen LogP contribution in [-0.2, 0) is 9.59 Å². The Morgan fingerprint density at radius 1 is 1.03 bits per heavy atom. The molecule has 1 unspecified atom stereocenters. The number of Topliss-reactive ketones (excluding diaryl/α,β-unsaturated/α-hetero) is 1. The minimum absolute atomic E-state index is 0.127. The van der Waals surface area contributed by atoms with Crippen molar-refractivity contribution in [1.82, 2.24) is 9.80 Å². The van der Waals surface area contributed by atoms with E-state index in [2.05, 4.69) is 34.7 Å². The van der Waals surface area contributed by atoms with E-state index in [0.717, 1.165) is 41.7 Å². The van der Waals surface area contributed by atoms with Crippen LogP contribution in [0.5, 0.6) is 0 Å². The van der Waals surface area contributed by atoms with Crippen molar-refractivity contribution in [1.29, 1.82) is 0 Å². The smallest absolute Gasteiger partial charge is 0.295 e. The number of aliphatic hydroxyl groups is 1. The van der Waals surface area contributed by atoms with E-state index >= 15 is 0 Å². The molecule has 2 aromatic rings. The van der Waals surface area contributed by atoms with Gasteiger partial charge in [0.05, 0.1) is 11.6 Å². The maximum atomic E-state index is 13.0. The first-order chi connectivity index (χ1) is 14.9. The number of ketones is 1. The zero-order valence-corrected chi connectivity index (χ0v) is 19.9. The first-order valence-corrected chi connectivity index (χ1v) is 11.5. The molecule has 1 amide bonds. The third-order valence-corrected chi connectivity index (χ3v) is 6.35. The largest absolute Gasteiger partial charge is 0.507 e. The van der Waals surface area contributed by atoms with Crippen LogP contribution in [0.4, 0.5) is 0 Å². The predicted octanol–water partition coefficient (Wildman–Crippen LogP) is 4.91.